The lowest BCUT2D eigenvalue weighted by atomic mass is 10.1. The third kappa shape index (κ3) is 7.16. The van der Waals surface area contributed by atoms with Gasteiger partial charge in [-0.2, -0.15) is 0 Å². The molecule has 3 aliphatic heterocycles. The maximum atomic E-state index is 13.0. The monoisotopic (exact) mass is 533 g/mol. The maximum Gasteiger partial charge on any atom is 0.253 e. The van der Waals surface area contributed by atoms with Crippen molar-refractivity contribution in [3.63, 3.8) is 0 Å². The summed E-state index contributed by atoms with van der Waals surface area (Å²) >= 11 is 0. The van der Waals surface area contributed by atoms with Crippen LogP contribution in [0.15, 0.2) is 48.5 Å². The first-order valence-corrected chi connectivity index (χ1v) is 14.1. The third-order valence-electron chi connectivity index (χ3n) is 7.80. The van der Waals surface area contributed by atoms with Crippen molar-refractivity contribution in [3.05, 3.63) is 59.7 Å². The molecule has 3 aliphatic rings. The van der Waals surface area contributed by atoms with E-state index < -0.39 is 0 Å². The Balaban J connectivity index is 1.02. The Kier molecular flexibility index (Phi) is 8.78. The van der Waals surface area contributed by atoms with Gasteiger partial charge in [0.15, 0.2) is 0 Å². The van der Waals surface area contributed by atoms with Crippen molar-refractivity contribution in [1.82, 2.24) is 20.0 Å². The average molecular weight is 534 g/mol. The third-order valence-corrected chi connectivity index (χ3v) is 7.80. The molecule has 0 aliphatic carbocycles. The zero-order chi connectivity index (χ0) is 27.2. The van der Waals surface area contributed by atoms with E-state index in [9.17, 15) is 14.4 Å². The largest absolute Gasteiger partial charge is 0.492 e. The van der Waals surface area contributed by atoms with E-state index in [1.807, 2.05) is 41.3 Å². The topological polar surface area (TPSA) is 85.4 Å². The molecule has 2 aromatic carbocycles. The van der Waals surface area contributed by atoms with E-state index in [1.165, 1.54) is 5.56 Å². The van der Waals surface area contributed by atoms with Crippen LogP contribution in [-0.2, 0) is 16.1 Å². The van der Waals surface area contributed by atoms with Gasteiger partial charge in [-0.1, -0.05) is 12.1 Å². The predicted molar refractivity (Wildman–Crippen MR) is 150 cm³/mol. The first kappa shape index (κ1) is 27.1. The van der Waals surface area contributed by atoms with Crippen molar-refractivity contribution in [2.45, 2.75) is 38.3 Å². The Morgan fingerprint density at radius 3 is 2.51 bits per heavy atom. The maximum absolute atomic E-state index is 13.0. The van der Waals surface area contributed by atoms with Gasteiger partial charge in [-0.05, 0) is 61.9 Å². The van der Waals surface area contributed by atoms with Gasteiger partial charge in [0.25, 0.3) is 5.91 Å². The van der Waals surface area contributed by atoms with Crippen LogP contribution >= 0.6 is 0 Å². The number of likely N-dealkylation sites (N-methyl/N-ethyl adjacent to an activating group) is 1. The number of piperazine rings is 1. The summed E-state index contributed by atoms with van der Waals surface area (Å²) in [5, 5.41) is 3.03. The van der Waals surface area contributed by atoms with E-state index in [2.05, 4.69) is 34.3 Å². The standard InChI is InChI=1S/C30H39N5O4/c1-32(22-25-9-12-28(36)31-25)21-23-4-2-5-27(20-23)39-19-18-33-14-16-34(17-15-33)30(38)24-7-10-26(11-8-24)35-13-3-6-29(35)37/h2,4-5,7-8,10-11,20,25H,3,6,9,12-19,21-22H2,1H3,(H,31,36). The van der Waals surface area contributed by atoms with E-state index in [1.54, 1.807) is 4.90 Å². The molecule has 2 aromatic rings. The lowest BCUT2D eigenvalue weighted by molar-refractivity contribution is -0.119. The molecule has 0 spiro atoms. The SMILES string of the molecule is CN(Cc1cccc(OCCN2CCN(C(=O)c3ccc(N4CCCC4=O)cc3)CC2)c1)CC1CCC(=O)N1. The molecule has 5 rings (SSSR count). The Morgan fingerprint density at radius 1 is 1.03 bits per heavy atom. The van der Waals surface area contributed by atoms with Gasteiger partial charge >= 0.3 is 0 Å². The van der Waals surface area contributed by atoms with Crippen LogP contribution in [0.25, 0.3) is 0 Å². The highest BCUT2D eigenvalue weighted by molar-refractivity contribution is 5.97. The Labute approximate surface area is 230 Å². The molecule has 39 heavy (non-hydrogen) atoms. The lowest BCUT2D eigenvalue weighted by Gasteiger charge is -2.34. The van der Waals surface area contributed by atoms with E-state index >= 15 is 0 Å². The number of nitrogens with one attached hydrogen (secondary N) is 1. The number of hydrogen-bond donors (Lipinski definition) is 1. The van der Waals surface area contributed by atoms with Crippen LogP contribution in [0.4, 0.5) is 5.69 Å². The molecule has 0 aromatic heterocycles. The summed E-state index contributed by atoms with van der Waals surface area (Å²) in [6.45, 7) is 6.82. The first-order valence-electron chi connectivity index (χ1n) is 14.1. The van der Waals surface area contributed by atoms with Crippen molar-refractivity contribution in [3.8, 4) is 5.75 Å². The van der Waals surface area contributed by atoms with Gasteiger partial charge in [-0.25, -0.2) is 0 Å². The second-order valence-electron chi connectivity index (χ2n) is 10.8. The van der Waals surface area contributed by atoms with E-state index in [0.29, 0.717) is 38.1 Å². The summed E-state index contributed by atoms with van der Waals surface area (Å²) in [6.07, 6.45) is 3.03. The van der Waals surface area contributed by atoms with Crippen LogP contribution < -0.4 is 15.0 Å². The smallest absolute Gasteiger partial charge is 0.253 e. The van der Waals surface area contributed by atoms with Gasteiger partial charge in [0.2, 0.25) is 11.8 Å². The molecule has 1 unspecified atom stereocenters. The number of nitrogens with zero attached hydrogens (tertiary/aromatic N) is 4. The number of rotatable bonds is 10. The number of carbonyl (C=O) groups is 3. The number of anilines is 1. The minimum absolute atomic E-state index is 0.0438. The molecule has 0 saturated carbocycles. The second kappa shape index (κ2) is 12.6. The van der Waals surface area contributed by atoms with Gasteiger partial charge in [-0.15, -0.1) is 0 Å². The fourth-order valence-electron chi connectivity index (χ4n) is 5.66. The van der Waals surface area contributed by atoms with Crippen molar-refractivity contribution >= 4 is 23.4 Å². The number of carbonyl (C=O) groups excluding carboxylic acids is 3. The summed E-state index contributed by atoms with van der Waals surface area (Å²) in [7, 11) is 2.08. The first-order chi connectivity index (χ1) is 18.9. The highest BCUT2D eigenvalue weighted by Crippen LogP contribution is 2.22. The van der Waals surface area contributed by atoms with Crippen molar-refractivity contribution < 1.29 is 19.1 Å². The quantitative estimate of drug-likeness (QED) is 0.505. The molecule has 0 radical (unpaired) electrons. The lowest BCUT2D eigenvalue weighted by Crippen LogP contribution is -2.49. The summed E-state index contributed by atoms with van der Waals surface area (Å²) in [6, 6.07) is 15.9. The zero-order valence-electron chi connectivity index (χ0n) is 22.8. The fraction of sp³-hybridized carbons (Fsp3) is 0.500. The summed E-state index contributed by atoms with van der Waals surface area (Å²) < 4.78 is 6.06. The molecule has 9 nitrogen and oxygen atoms in total. The van der Waals surface area contributed by atoms with Crippen LogP contribution in [0.5, 0.6) is 5.75 Å². The highest BCUT2D eigenvalue weighted by atomic mass is 16.5. The summed E-state index contributed by atoms with van der Waals surface area (Å²) in [5.74, 6) is 1.21. The van der Waals surface area contributed by atoms with Gasteiger partial charge < -0.3 is 24.8 Å². The van der Waals surface area contributed by atoms with Crippen molar-refractivity contribution in [2.75, 3.05) is 64.4 Å². The van der Waals surface area contributed by atoms with Gasteiger partial charge in [-0.3, -0.25) is 19.3 Å². The molecular formula is C30H39N5O4. The Hall–Kier alpha value is -3.43. The van der Waals surface area contributed by atoms with Crippen LogP contribution in [0, 0.1) is 0 Å². The fourth-order valence-corrected chi connectivity index (χ4v) is 5.66. The van der Waals surface area contributed by atoms with E-state index in [4.69, 9.17) is 4.74 Å². The van der Waals surface area contributed by atoms with Crippen LogP contribution in [0.3, 0.4) is 0 Å². The van der Waals surface area contributed by atoms with Gasteiger partial charge in [0.05, 0.1) is 0 Å². The van der Waals surface area contributed by atoms with E-state index in [0.717, 1.165) is 63.5 Å². The van der Waals surface area contributed by atoms with Crippen LogP contribution in [0.1, 0.15) is 41.6 Å². The molecule has 1 atom stereocenters. The average Bonchev–Trinajstić information content (AvgIpc) is 3.56. The van der Waals surface area contributed by atoms with Crippen molar-refractivity contribution in [2.24, 2.45) is 0 Å². The molecule has 208 valence electrons. The number of ether oxygens (including phenoxy) is 1. The van der Waals surface area contributed by atoms with Gasteiger partial charge in [0, 0.05) is 82.5 Å². The molecule has 1 N–H and O–H groups in total. The van der Waals surface area contributed by atoms with E-state index in [-0.39, 0.29) is 23.8 Å². The zero-order valence-corrected chi connectivity index (χ0v) is 22.8. The highest BCUT2D eigenvalue weighted by Gasteiger charge is 2.25. The Bertz CT molecular complexity index is 1160. The molecule has 3 heterocycles. The van der Waals surface area contributed by atoms with Crippen LogP contribution in [0.2, 0.25) is 0 Å². The van der Waals surface area contributed by atoms with Crippen molar-refractivity contribution in [1.29, 1.82) is 0 Å². The summed E-state index contributed by atoms with van der Waals surface area (Å²) in [5.41, 5.74) is 2.72. The number of amides is 3. The predicted octanol–water partition coefficient (Wildman–Crippen LogP) is 2.36. The molecule has 9 heteroatoms. The second-order valence-corrected chi connectivity index (χ2v) is 10.8. The minimum atomic E-state index is 0.0438. The Morgan fingerprint density at radius 2 is 1.82 bits per heavy atom. The molecular weight excluding hydrogens is 494 g/mol. The molecule has 3 fully saturated rings. The number of benzene rings is 2. The number of hydrogen-bond acceptors (Lipinski definition) is 6. The van der Waals surface area contributed by atoms with Gasteiger partial charge in [0.1, 0.15) is 12.4 Å². The molecule has 3 saturated heterocycles. The molecule has 0 bridgehead atoms. The normalized spacial score (nSPS) is 20.1. The molecule has 3 amide bonds. The minimum Gasteiger partial charge on any atom is -0.492 e. The summed E-state index contributed by atoms with van der Waals surface area (Å²) in [4.78, 5) is 44.7. The van der Waals surface area contributed by atoms with Crippen LogP contribution in [-0.4, -0.2) is 97.9 Å².